The van der Waals surface area contributed by atoms with E-state index in [1.165, 1.54) is 0 Å². The highest BCUT2D eigenvalue weighted by Crippen LogP contribution is 2.24. The highest BCUT2D eigenvalue weighted by atomic mass is 35.5. The lowest BCUT2D eigenvalue weighted by Gasteiger charge is -2.37. The predicted octanol–water partition coefficient (Wildman–Crippen LogP) is 5.26. The molecule has 1 heterocycles. The highest BCUT2D eigenvalue weighted by Gasteiger charge is 2.30. The molecule has 1 saturated heterocycles. The Morgan fingerprint density at radius 3 is 2.43 bits per heavy atom. The maximum absolute atomic E-state index is 12.4. The van der Waals surface area contributed by atoms with Crippen LogP contribution in [0.5, 0.6) is 0 Å². The summed E-state index contributed by atoms with van der Waals surface area (Å²) in [5.74, 6) is 0.290. The SMILES string of the molecule is C[C@H]1C[C@H](CNC(=O)OC(C)(C)C)CCN1C(=O)OCc1cc(Cl)cc(Cl)c1. The summed E-state index contributed by atoms with van der Waals surface area (Å²) < 4.78 is 10.7. The van der Waals surface area contributed by atoms with Crippen LogP contribution in [0.3, 0.4) is 0 Å². The van der Waals surface area contributed by atoms with Gasteiger partial charge >= 0.3 is 12.2 Å². The fourth-order valence-corrected chi connectivity index (χ4v) is 3.76. The van der Waals surface area contributed by atoms with Gasteiger partial charge in [-0.1, -0.05) is 23.2 Å². The van der Waals surface area contributed by atoms with Gasteiger partial charge < -0.3 is 19.7 Å². The molecule has 8 heteroatoms. The number of carbonyl (C=O) groups excluding carboxylic acids is 2. The molecule has 0 bridgehead atoms. The van der Waals surface area contributed by atoms with Gasteiger partial charge in [-0.3, -0.25) is 0 Å². The second kappa shape index (κ2) is 9.70. The largest absolute Gasteiger partial charge is 0.445 e. The minimum atomic E-state index is -0.516. The van der Waals surface area contributed by atoms with Crippen LogP contribution in [0.4, 0.5) is 9.59 Å². The molecule has 0 saturated carbocycles. The molecule has 1 aliphatic rings. The third-order valence-corrected chi connectivity index (χ3v) is 4.87. The molecule has 1 aliphatic heterocycles. The van der Waals surface area contributed by atoms with Crippen molar-refractivity contribution in [3.05, 3.63) is 33.8 Å². The van der Waals surface area contributed by atoms with Crippen molar-refractivity contribution in [2.75, 3.05) is 13.1 Å². The van der Waals surface area contributed by atoms with Gasteiger partial charge in [0, 0.05) is 29.2 Å². The number of hydrogen-bond donors (Lipinski definition) is 1. The Bertz CT molecular complexity index is 686. The van der Waals surface area contributed by atoms with Gasteiger partial charge in [0.2, 0.25) is 0 Å². The second-order valence-corrected chi connectivity index (χ2v) is 9.02. The molecule has 1 aromatic rings. The summed E-state index contributed by atoms with van der Waals surface area (Å²) in [5.41, 5.74) is 0.229. The van der Waals surface area contributed by atoms with Crippen molar-refractivity contribution < 1.29 is 19.1 Å². The van der Waals surface area contributed by atoms with Crippen molar-refractivity contribution in [2.24, 2.45) is 5.92 Å². The topological polar surface area (TPSA) is 67.9 Å². The van der Waals surface area contributed by atoms with E-state index in [4.69, 9.17) is 32.7 Å². The summed E-state index contributed by atoms with van der Waals surface area (Å²) in [6.45, 7) is 8.70. The van der Waals surface area contributed by atoms with E-state index in [0.717, 1.165) is 18.4 Å². The zero-order valence-corrected chi connectivity index (χ0v) is 18.3. The van der Waals surface area contributed by atoms with Gasteiger partial charge in [-0.05, 0) is 70.2 Å². The number of carbonyl (C=O) groups is 2. The number of ether oxygens (including phenoxy) is 2. The molecule has 0 aromatic heterocycles. The zero-order chi connectivity index (χ0) is 20.9. The van der Waals surface area contributed by atoms with Crippen molar-refractivity contribution >= 4 is 35.4 Å². The third-order valence-electron chi connectivity index (χ3n) is 4.44. The summed E-state index contributed by atoms with van der Waals surface area (Å²) in [6.07, 6.45) is 0.802. The molecular weight excluding hydrogens is 403 g/mol. The average Bonchev–Trinajstić information content (AvgIpc) is 2.55. The molecule has 0 aliphatic carbocycles. The molecule has 0 unspecified atom stereocenters. The number of amides is 2. The average molecular weight is 431 g/mol. The van der Waals surface area contributed by atoms with Crippen LogP contribution in [0, 0.1) is 5.92 Å². The van der Waals surface area contributed by atoms with Crippen molar-refractivity contribution in [3.63, 3.8) is 0 Å². The van der Waals surface area contributed by atoms with E-state index < -0.39 is 11.7 Å². The lowest BCUT2D eigenvalue weighted by atomic mass is 9.92. The first-order valence-electron chi connectivity index (χ1n) is 9.38. The number of hydrogen-bond acceptors (Lipinski definition) is 4. The van der Waals surface area contributed by atoms with Crippen LogP contribution in [0.15, 0.2) is 18.2 Å². The molecule has 0 radical (unpaired) electrons. The van der Waals surface area contributed by atoms with E-state index in [1.54, 1.807) is 23.1 Å². The van der Waals surface area contributed by atoms with Gasteiger partial charge in [-0.2, -0.15) is 0 Å². The van der Waals surface area contributed by atoms with Gasteiger partial charge in [0.05, 0.1) is 0 Å². The zero-order valence-electron chi connectivity index (χ0n) is 16.8. The van der Waals surface area contributed by atoms with Crippen molar-refractivity contribution in [1.82, 2.24) is 10.2 Å². The molecule has 2 atom stereocenters. The third kappa shape index (κ3) is 7.40. The lowest BCUT2D eigenvalue weighted by Crippen LogP contribution is -2.47. The Kier molecular flexibility index (Phi) is 7.84. The first kappa shape index (κ1) is 22.6. The Balaban J connectivity index is 1.78. The molecule has 1 N–H and O–H groups in total. The molecule has 2 rings (SSSR count). The monoisotopic (exact) mass is 430 g/mol. The number of piperidine rings is 1. The Morgan fingerprint density at radius 2 is 1.86 bits per heavy atom. The minimum Gasteiger partial charge on any atom is -0.445 e. The van der Waals surface area contributed by atoms with Crippen LogP contribution in [0.2, 0.25) is 10.0 Å². The fraction of sp³-hybridized carbons (Fsp3) is 0.600. The van der Waals surface area contributed by atoms with E-state index in [0.29, 0.717) is 29.1 Å². The summed E-state index contributed by atoms with van der Waals surface area (Å²) in [7, 11) is 0. The molecule has 0 spiro atoms. The predicted molar refractivity (Wildman–Crippen MR) is 110 cm³/mol. The number of likely N-dealkylation sites (tertiary alicyclic amines) is 1. The number of halogens is 2. The number of rotatable bonds is 4. The van der Waals surface area contributed by atoms with E-state index in [2.05, 4.69) is 5.32 Å². The molecule has 6 nitrogen and oxygen atoms in total. The Morgan fingerprint density at radius 1 is 1.21 bits per heavy atom. The van der Waals surface area contributed by atoms with Gasteiger partial charge in [-0.15, -0.1) is 0 Å². The fourth-order valence-electron chi connectivity index (χ4n) is 3.19. The summed E-state index contributed by atoms with van der Waals surface area (Å²) in [4.78, 5) is 25.9. The van der Waals surface area contributed by atoms with Crippen LogP contribution in [-0.2, 0) is 16.1 Å². The standard InChI is InChI=1S/C20H28Cl2N2O4/c1-13-7-14(11-23-18(25)28-20(2,3)4)5-6-24(13)19(26)27-12-15-8-16(21)10-17(22)9-15/h8-10,13-14H,5-7,11-12H2,1-4H3,(H,23,25)/t13-,14+/m0/s1. The first-order valence-corrected chi connectivity index (χ1v) is 10.1. The number of alkyl carbamates (subject to hydrolysis) is 1. The summed E-state index contributed by atoms with van der Waals surface area (Å²) >= 11 is 11.9. The molecule has 1 aromatic carbocycles. The van der Waals surface area contributed by atoms with Crippen LogP contribution < -0.4 is 5.32 Å². The normalized spacial score (nSPS) is 19.9. The van der Waals surface area contributed by atoms with Gasteiger partial charge in [0.1, 0.15) is 12.2 Å². The number of nitrogens with one attached hydrogen (secondary N) is 1. The lowest BCUT2D eigenvalue weighted by molar-refractivity contribution is 0.0467. The van der Waals surface area contributed by atoms with Gasteiger partial charge in [0.25, 0.3) is 0 Å². The molecule has 28 heavy (non-hydrogen) atoms. The molecule has 1 fully saturated rings. The Labute approximate surface area is 176 Å². The van der Waals surface area contributed by atoms with E-state index in [-0.39, 0.29) is 18.7 Å². The second-order valence-electron chi connectivity index (χ2n) is 8.15. The van der Waals surface area contributed by atoms with E-state index in [9.17, 15) is 9.59 Å². The number of nitrogens with zero attached hydrogens (tertiary/aromatic N) is 1. The van der Waals surface area contributed by atoms with E-state index in [1.807, 2.05) is 27.7 Å². The maximum atomic E-state index is 12.4. The quantitative estimate of drug-likeness (QED) is 0.707. The van der Waals surface area contributed by atoms with Crippen molar-refractivity contribution in [3.8, 4) is 0 Å². The maximum Gasteiger partial charge on any atom is 0.410 e. The smallest absolute Gasteiger partial charge is 0.410 e. The first-order chi connectivity index (χ1) is 13.0. The summed E-state index contributed by atoms with van der Waals surface area (Å²) in [5, 5.41) is 3.82. The Hall–Kier alpha value is -1.66. The van der Waals surface area contributed by atoms with Crippen molar-refractivity contribution in [1.29, 1.82) is 0 Å². The van der Waals surface area contributed by atoms with Crippen LogP contribution in [0.1, 0.15) is 46.1 Å². The van der Waals surface area contributed by atoms with Crippen LogP contribution in [0.25, 0.3) is 0 Å². The molecule has 156 valence electrons. The summed E-state index contributed by atoms with van der Waals surface area (Å²) in [6, 6.07) is 5.10. The minimum absolute atomic E-state index is 0.0228. The van der Waals surface area contributed by atoms with Crippen molar-refractivity contribution in [2.45, 2.75) is 58.8 Å². The molecule has 2 amide bonds. The molecular formula is C20H28Cl2N2O4. The van der Waals surface area contributed by atoms with Gasteiger partial charge in [0.15, 0.2) is 0 Å². The van der Waals surface area contributed by atoms with Crippen LogP contribution in [-0.4, -0.2) is 41.8 Å². The number of benzene rings is 1. The van der Waals surface area contributed by atoms with Crippen LogP contribution >= 0.6 is 23.2 Å². The van der Waals surface area contributed by atoms with Gasteiger partial charge in [-0.25, -0.2) is 9.59 Å². The highest BCUT2D eigenvalue weighted by molar-refractivity contribution is 6.34. The van der Waals surface area contributed by atoms with E-state index >= 15 is 0 Å².